The van der Waals surface area contributed by atoms with Crippen LogP contribution in [-0.4, -0.2) is 66.2 Å². The van der Waals surface area contributed by atoms with Crippen molar-refractivity contribution in [2.24, 2.45) is 17.3 Å². The fourth-order valence-corrected chi connectivity index (χ4v) is 5.03. The van der Waals surface area contributed by atoms with Gasteiger partial charge in [-0.25, -0.2) is 4.79 Å². The van der Waals surface area contributed by atoms with E-state index in [2.05, 4.69) is 29.8 Å². The zero-order chi connectivity index (χ0) is 25.7. The van der Waals surface area contributed by atoms with E-state index in [-0.39, 0.29) is 36.2 Å². The zero-order valence-corrected chi connectivity index (χ0v) is 21.2. The summed E-state index contributed by atoms with van der Waals surface area (Å²) < 4.78 is 38.0. The Labute approximate surface area is 201 Å². The van der Waals surface area contributed by atoms with Gasteiger partial charge in [0.15, 0.2) is 0 Å². The van der Waals surface area contributed by atoms with Crippen LogP contribution < -0.4 is 16.0 Å². The average molecular weight is 506 g/mol. The summed E-state index contributed by atoms with van der Waals surface area (Å²) >= 11 is 0. The number of hydrogen-bond donors (Lipinski definition) is 5. The fourth-order valence-electron chi connectivity index (χ4n) is 4.44. The second-order valence-corrected chi connectivity index (χ2v) is 12.1. The standard InChI is InChI=1S/C22H39N3O8S/c1-13(2)11-16(25-21(29)33-15-5-8-22(3,4)9-6-15)19(27)24-17(20(28)34(30,31)32)12-14-7-10-23-18(14)26/h13-17,20,28H,5-12H2,1-4H3,(H,23,26)(H,24,27)(H,25,29)(H,30,31,32)/t14-,16-,17-,20-/m0/s1. The number of nitrogens with one attached hydrogen (secondary N) is 3. The number of alkyl carbamates (subject to hydrolysis) is 1. The number of amides is 3. The van der Waals surface area contributed by atoms with Crippen molar-refractivity contribution in [1.82, 2.24) is 16.0 Å². The molecular weight excluding hydrogens is 466 g/mol. The highest BCUT2D eigenvalue weighted by Gasteiger charge is 2.38. The highest BCUT2D eigenvalue weighted by molar-refractivity contribution is 7.86. The summed E-state index contributed by atoms with van der Waals surface area (Å²) in [5.74, 6) is -1.68. The summed E-state index contributed by atoms with van der Waals surface area (Å²) in [5, 5.41) is 17.7. The maximum absolute atomic E-state index is 13.0. The van der Waals surface area contributed by atoms with E-state index >= 15 is 0 Å². The number of rotatable bonds is 10. The molecule has 196 valence electrons. The summed E-state index contributed by atoms with van der Waals surface area (Å²) in [6, 6.07) is -2.49. The smallest absolute Gasteiger partial charge is 0.408 e. The number of ether oxygens (including phenoxy) is 1. The van der Waals surface area contributed by atoms with Gasteiger partial charge in [0.2, 0.25) is 17.3 Å². The molecule has 1 aliphatic heterocycles. The van der Waals surface area contributed by atoms with Crippen molar-refractivity contribution >= 4 is 28.0 Å². The third-order valence-electron chi connectivity index (χ3n) is 6.55. The van der Waals surface area contributed by atoms with Gasteiger partial charge in [-0.05, 0) is 56.3 Å². The molecule has 0 unspecified atom stereocenters. The Hall–Kier alpha value is -1.92. The molecule has 1 heterocycles. The van der Waals surface area contributed by atoms with Crippen LogP contribution >= 0.6 is 0 Å². The van der Waals surface area contributed by atoms with Crippen molar-refractivity contribution in [3.05, 3.63) is 0 Å². The van der Waals surface area contributed by atoms with Crippen molar-refractivity contribution in [2.45, 2.75) is 96.3 Å². The molecule has 1 aliphatic carbocycles. The van der Waals surface area contributed by atoms with Crippen LogP contribution in [0.4, 0.5) is 4.79 Å². The molecule has 0 aromatic heterocycles. The maximum Gasteiger partial charge on any atom is 0.408 e. The van der Waals surface area contributed by atoms with Crippen LogP contribution in [0.2, 0.25) is 0 Å². The Morgan fingerprint density at radius 1 is 1.18 bits per heavy atom. The molecule has 1 saturated carbocycles. The Kier molecular flexibility index (Phi) is 9.72. The van der Waals surface area contributed by atoms with Crippen LogP contribution in [0.5, 0.6) is 0 Å². The van der Waals surface area contributed by atoms with E-state index in [0.29, 0.717) is 13.0 Å². The first kappa shape index (κ1) is 28.3. The molecule has 2 aliphatic rings. The minimum atomic E-state index is -4.91. The van der Waals surface area contributed by atoms with Gasteiger partial charge < -0.3 is 25.8 Å². The Morgan fingerprint density at radius 3 is 2.29 bits per heavy atom. The molecule has 0 aromatic carbocycles. The number of hydrogen-bond acceptors (Lipinski definition) is 7. The monoisotopic (exact) mass is 505 g/mol. The van der Waals surface area contributed by atoms with Gasteiger partial charge in [0.25, 0.3) is 10.1 Å². The van der Waals surface area contributed by atoms with E-state index in [4.69, 9.17) is 4.74 Å². The Morgan fingerprint density at radius 2 is 1.79 bits per heavy atom. The molecule has 3 amide bonds. The third kappa shape index (κ3) is 8.70. The predicted octanol–water partition coefficient (Wildman–Crippen LogP) is 1.31. The molecule has 0 spiro atoms. The van der Waals surface area contributed by atoms with Crippen LogP contribution in [0.1, 0.15) is 72.6 Å². The molecule has 2 rings (SSSR count). The summed E-state index contributed by atoms with van der Waals surface area (Å²) in [6.07, 6.45) is 2.77. The molecular formula is C22H39N3O8S. The van der Waals surface area contributed by atoms with E-state index < -0.39 is 45.6 Å². The summed E-state index contributed by atoms with van der Waals surface area (Å²) in [7, 11) is -4.91. The minimum absolute atomic E-state index is 0.00270. The van der Waals surface area contributed by atoms with Crippen LogP contribution in [0.15, 0.2) is 0 Å². The predicted molar refractivity (Wildman–Crippen MR) is 124 cm³/mol. The first-order valence-corrected chi connectivity index (χ1v) is 13.4. The average Bonchev–Trinajstić information content (AvgIpc) is 3.11. The van der Waals surface area contributed by atoms with Gasteiger partial charge in [-0.3, -0.25) is 14.1 Å². The van der Waals surface area contributed by atoms with Gasteiger partial charge in [0.05, 0.1) is 6.04 Å². The second-order valence-electron chi connectivity index (χ2n) is 10.6. The van der Waals surface area contributed by atoms with Crippen LogP contribution in [0, 0.1) is 17.3 Å². The summed E-state index contributed by atoms with van der Waals surface area (Å²) in [4.78, 5) is 37.5. The zero-order valence-electron chi connectivity index (χ0n) is 20.4. The van der Waals surface area contributed by atoms with Crippen molar-refractivity contribution in [2.75, 3.05) is 6.54 Å². The van der Waals surface area contributed by atoms with Crippen molar-refractivity contribution in [3.8, 4) is 0 Å². The van der Waals surface area contributed by atoms with Gasteiger partial charge in [-0.15, -0.1) is 0 Å². The molecule has 0 aromatic rings. The summed E-state index contributed by atoms with van der Waals surface area (Å²) in [6.45, 7) is 8.43. The minimum Gasteiger partial charge on any atom is -0.446 e. The Balaban J connectivity index is 2.06. The topological polar surface area (TPSA) is 171 Å². The quantitative estimate of drug-likeness (QED) is 0.277. The van der Waals surface area contributed by atoms with Crippen molar-refractivity contribution < 1.29 is 37.2 Å². The molecule has 0 radical (unpaired) electrons. The molecule has 34 heavy (non-hydrogen) atoms. The number of aliphatic hydroxyl groups excluding tert-OH is 1. The lowest BCUT2D eigenvalue weighted by atomic mass is 9.76. The number of carbonyl (C=O) groups is 3. The molecule has 0 bridgehead atoms. The van der Waals surface area contributed by atoms with E-state index in [1.54, 1.807) is 0 Å². The van der Waals surface area contributed by atoms with E-state index in [1.165, 1.54) is 0 Å². The van der Waals surface area contributed by atoms with Crippen LogP contribution in [0.25, 0.3) is 0 Å². The molecule has 4 atom stereocenters. The van der Waals surface area contributed by atoms with Gasteiger partial charge >= 0.3 is 6.09 Å². The normalized spacial score (nSPS) is 23.6. The highest BCUT2D eigenvalue weighted by atomic mass is 32.2. The lowest BCUT2D eigenvalue weighted by Gasteiger charge is -2.34. The van der Waals surface area contributed by atoms with E-state index in [0.717, 1.165) is 25.7 Å². The molecule has 2 fully saturated rings. The number of aliphatic hydroxyl groups is 1. The first-order valence-electron chi connectivity index (χ1n) is 11.9. The second kappa shape index (κ2) is 11.7. The van der Waals surface area contributed by atoms with Crippen LogP contribution in [0.3, 0.4) is 0 Å². The largest absolute Gasteiger partial charge is 0.446 e. The van der Waals surface area contributed by atoms with Crippen molar-refractivity contribution in [1.29, 1.82) is 0 Å². The molecule has 11 nitrogen and oxygen atoms in total. The van der Waals surface area contributed by atoms with Gasteiger partial charge in [-0.2, -0.15) is 8.42 Å². The maximum atomic E-state index is 13.0. The first-order chi connectivity index (χ1) is 15.7. The van der Waals surface area contributed by atoms with Gasteiger partial charge in [0.1, 0.15) is 12.1 Å². The van der Waals surface area contributed by atoms with E-state index in [9.17, 15) is 32.5 Å². The van der Waals surface area contributed by atoms with Crippen LogP contribution in [-0.2, 0) is 24.4 Å². The van der Waals surface area contributed by atoms with E-state index in [1.807, 2.05) is 13.8 Å². The van der Waals surface area contributed by atoms with Crippen molar-refractivity contribution in [3.63, 3.8) is 0 Å². The molecule has 1 saturated heterocycles. The SMILES string of the molecule is CC(C)C[C@H](NC(=O)OC1CCC(C)(C)CC1)C(=O)N[C@@H](C[C@@H]1CCNC1=O)[C@@H](O)S(=O)(=O)O. The fraction of sp³-hybridized carbons (Fsp3) is 0.864. The lowest BCUT2D eigenvalue weighted by molar-refractivity contribution is -0.126. The lowest BCUT2D eigenvalue weighted by Crippen LogP contribution is -2.55. The summed E-state index contributed by atoms with van der Waals surface area (Å²) in [5.41, 5.74) is -2.11. The van der Waals surface area contributed by atoms with Gasteiger partial charge in [-0.1, -0.05) is 27.7 Å². The number of carbonyl (C=O) groups excluding carboxylic acids is 3. The molecule has 5 N–H and O–H groups in total. The third-order valence-corrected chi connectivity index (χ3v) is 7.49. The highest BCUT2D eigenvalue weighted by Crippen LogP contribution is 2.36. The molecule has 12 heteroatoms. The Bertz CT molecular complexity index is 835. The van der Waals surface area contributed by atoms with Gasteiger partial charge in [0, 0.05) is 12.5 Å².